The summed E-state index contributed by atoms with van der Waals surface area (Å²) in [5.41, 5.74) is 0. The molecule has 1 unspecified atom stereocenters. The van der Waals surface area contributed by atoms with E-state index < -0.39 is 0 Å². The van der Waals surface area contributed by atoms with Gasteiger partial charge in [-0.25, -0.2) is 0 Å². The van der Waals surface area contributed by atoms with Crippen LogP contribution in [0.2, 0.25) is 0 Å². The summed E-state index contributed by atoms with van der Waals surface area (Å²) in [4.78, 5) is 4.95. The first-order chi connectivity index (χ1) is 12.8. The van der Waals surface area contributed by atoms with Crippen molar-refractivity contribution in [1.29, 1.82) is 0 Å². The maximum absolute atomic E-state index is 2.55. The van der Waals surface area contributed by atoms with Gasteiger partial charge in [-0.1, -0.05) is 104 Å². The molecule has 0 fully saturated rings. The monoisotopic (exact) mass is 364 g/mol. The number of hydrogen-bond donors (Lipinski definition) is 0. The molecular formula is C24H48N2. The van der Waals surface area contributed by atoms with Crippen LogP contribution in [0.4, 0.5) is 0 Å². The van der Waals surface area contributed by atoms with Crippen LogP contribution in [0.1, 0.15) is 123 Å². The van der Waals surface area contributed by atoms with Gasteiger partial charge < -0.3 is 9.80 Å². The van der Waals surface area contributed by atoms with E-state index in [9.17, 15) is 0 Å². The molecule has 0 aromatic heterocycles. The van der Waals surface area contributed by atoms with Crippen molar-refractivity contribution < 1.29 is 0 Å². The first kappa shape index (κ1) is 23.4. The molecule has 1 aliphatic heterocycles. The second-order valence-electron chi connectivity index (χ2n) is 8.42. The molecule has 1 aliphatic rings. The molecule has 0 saturated carbocycles. The van der Waals surface area contributed by atoms with Gasteiger partial charge in [-0.05, 0) is 19.3 Å². The van der Waals surface area contributed by atoms with Crippen LogP contribution in [0.15, 0.2) is 12.4 Å². The molecule has 26 heavy (non-hydrogen) atoms. The van der Waals surface area contributed by atoms with E-state index in [0.717, 1.165) is 0 Å². The van der Waals surface area contributed by atoms with E-state index in [4.69, 9.17) is 0 Å². The summed E-state index contributed by atoms with van der Waals surface area (Å²) < 4.78 is 0. The van der Waals surface area contributed by atoms with Crippen LogP contribution in [0, 0.1) is 0 Å². The topological polar surface area (TPSA) is 6.48 Å². The van der Waals surface area contributed by atoms with Gasteiger partial charge in [0, 0.05) is 26.0 Å². The quantitative estimate of drug-likeness (QED) is 0.230. The van der Waals surface area contributed by atoms with E-state index in [0.29, 0.717) is 6.17 Å². The molecular weight excluding hydrogens is 316 g/mol. The van der Waals surface area contributed by atoms with E-state index in [-0.39, 0.29) is 0 Å². The van der Waals surface area contributed by atoms with Crippen molar-refractivity contribution in [3.63, 3.8) is 0 Å². The van der Waals surface area contributed by atoms with Gasteiger partial charge in [0.15, 0.2) is 0 Å². The summed E-state index contributed by atoms with van der Waals surface area (Å²) in [6, 6.07) is 0. The van der Waals surface area contributed by atoms with Crippen molar-refractivity contribution in [2.24, 2.45) is 0 Å². The molecule has 1 rings (SSSR count). The average molecular weight is 365 g/mol. The third-order valence-electron chi connectivity index (χ3n) is 5.93. The minimum Gasteiger partial charge on any atom is -0.359 e. The maximum atomic E-state index is 2.55. The lowest BCUT2D eigenvalue weighted by Crippen LogP contribution is -2.36. The van der Waals surface area contributed by atoms with E-state index in [1.54, 1.807) is 0 Å². The number of rotatable bonds is 18. The normalized spacial score (nSPS) is 16.8. The van der Waals surface area contributed by atoms with E-state index in [1.165, 1.54) is 116 Å². The van der Waals surface area contributed by atoms with Gasteiger partial charge in [0.2, 0.25) is 0 Å². The standard InChI is InChI=1S/C24H48N2/c1-4-6-8-9-10-11-12-13-14-15-16-17-18-19-20-24-25(3)22-23-26(24)21-7-5-2/h22-24H,4-21H2,1-3H3. The molecule has 0 aromatic rings. The Bertz CT molecular complexity index is 326. The molecule has 1 heterocycles. The van der Waals surface area contributed by atoms with Crippen molar-refractivity contribution in [2.75, 3.05) is 13.6 Å². The van der Waals surface area contributed by atoms with E-state index in [1.807, 2.05) is 0 Å². The summed E-state index contributed by atoms with van der Waals surface area (Å²) in [7, 11) is 2.23. The van der Waals surface area contributed by atoms with Gasteiger partial charge in [-0.2, -0.15) is 0 Å². The molecule has 154 valence electrons. The van der Waals surface area contributed by atoms with Gasteiger partial charge in [0.05, 0.1) is 0 Å². The molecule has 0 saturated heterocycles. The molecule has 2 heteroatoms. The summed E-state index contributed by atoms with van der Waals surface area (Å²) in [6.45, 7) is 5.80. The van der Waals surface area contributed by atoms with E-state index in [2.05, 4.69) is 43.1 Å². The SMILES string of the molecule is CCCCCCCCCCCCCCCCC1N(C)C=CN1CCCC. The zero-order chi connectivity index (χ0) is 18.9. The summed E-state index contributed by atoms with van der Waals surface area (Å²) >= 11 is 0. The fourth-order valence-corrected chi connectivity index (χ4v) is 4.08. The van der Waals surface area contributed by atoms with Crippen LogP contribution in [-0.2, 0) is 0 Å². The zero-order valence-corrected chi connectivity index (χ0v) is 18.4. The molecule has 0 aliphatic carbocycles. The Morgan fingerprint density at radius 1 is 0.577 bits per heavy atom. The molecule has 0 aromatic carbocycles. The lowest BCUT2D eigenvalue weighted by molar-refractivity contribution is 0.160. The Kier molecular flexibility index (Phi) is 14.8. The predicted molar refractivity (Wildman–Crippen MR) is 117 cm³/mol. The summed E-state index contributed by atoms with van der Waals surface area (Å²) in [5.74, 6) is 0. The molecule has 0 bridgehead atoms. The van der Waals surface area contributed by atoms with Gasteiger partial charge in [0.1, 0.15) is 6.17 Å². The van der Waals surface area contributed by atoms with Crippen molar-refractivity contribution in [1.82, 2.24) is 9.80 Å². The third kappa shape index (κ3) is 11.1. The second-order valence-corrected chi connectivity index (χ2v) is 8.42. The predicted octanol–water partition coefficient (Wildman–Crippen LogP) is 7.70. The van der Waals surface area contributed by atoms with Crippen molar-refractivity contribution in [2.45, 2.75) is 129 Å². The number of hydrogen-bond acceptors (Lipinski definition) is 2. The molecule has 0 spiro atoms. The minimum atomic E-state index is 0.624. The Balaban J connectivity index is 1.86. The third-order valence-corrected chi connectivity index (χ3v) is 5.93. The molecule has 0 radical (unpaired) electrons. The summed E-state index contributed by atoms with van der Waals surface area (Å²) in [5, 5.41) is 0. The van der Waals surface area contributed by atoms with Crippen LogP contribution in [0.5, 0.6) is 0 Å². The lowest BCUT2D eigenvalue weighted by atomic mass is 10.0. The highest BCUT2D eigenvalue weighted by atomic mass is 15.4. The lowest BCUT2D eigenvalue weighted by Gasteiger charge is -2.30. The van der Waals surface area contributed by atoms with Crippen LogP contribution < -0.4 is 0 Å². The van der Waals surface area contributed by atoms with Crippen LogP contribution >= 0.6 is 0 Å². The van der Waals surface area contributed by atoms with Gasteiger partial charge >= 0.3 is 0 Å². The fraction of sp³-hybridized carbons (Fsp3) is 0.917. The van der Waals surface area contributed by atoms with Crippen LogP contribution in [0.3, 0.4) is 0 Å². The summed E-state index contributed by atoms with van der Waals surface area (Å²) in [6.07, 6.45) is 29.3. The molecule has 2 nitrogen and oxygen atoms in total. The first-order valence-electron chi connectivity index (χ1n) is 12.0. The number of unbranched alkanes of at least 4 members (excludes halogenated alkanes) is 14. The Morgan fingerprint density at radius 3 is 1.54 bits per heavy atom. The van der Waals surface area contributed by atoms with Gasteiger partial charge in [-0.15, -0.1) is 0 Å². The molecule has 1 atom stereocenters. The zero-order valence-electron chi connectivity index (χ0n) is 18.4. The average Bonchev–Trinajstić information content (AvgIpc) is 3.00. The Labute approximate surface area is 165 Å². The van der Waals surface area contributed by atoms with Crippen molar-refractivity contribution >= 4 is 0 Å². The van der Waals surface area contributed by atoms with Gasteiger partial charge in [-0.3, -0.25) is 0 Å². The molecule has 0 amide bonds. The first-order valence-corrected chi connectivity index (χ1v) is 12.0. The fourth-order valence-electron chi connectivity index (χ4n) is 4.08. The Morgan fingerprint density at radius 2 is 1.04 bits per heavy atom. The highest BCUT2D eigenvalue weighted by Crippen LogP contribution is 2.21. The van der Waals surface area contributed by atoms with Crippen molar-refractivity contribution in [3.05, 3.63) is 12.4 Å². The number of nitrogens with zero attached hydrogens (tertiary/aromatic N) is 2. The van der Waals surface area contributed by atoms with Crippen molar-refractivity contribution in [3.8, 4) is 0 Å². The maximum Gasteiger partial charge on any atom is 0.100 e. The molecule has 0 N–H and O–H groups in total. The largest absolute Gasteiger partial charge is 0.359 e. The van der Waals surface area contributed by atoms with Gasteiger partial charge in [0.25, 0.3) is 0 Å². The van der Waals surface area contributed by atoms with Crippen LogP contribution in [0.25, 0.3) is 0 Å². The highest BCUT2D eigenvalue weighted by Gasteiger charge is 2.21. The second kappa shape index (κ2) is 16.5. The highest BCUT2D eigenvalue weighted by molar-refractivity contribution is 4.95. The van der Waals surface area contributed by atoms with E-state index >= 15 is 0 Å². The van der Waals surface area contributed by atoms with Crippen LogP contribution in [-0.4, -0.2) is 29.6 Å². The Hall–Kier alpha value is -0.660. The smallest absolute Gasteiger partial charge is 0.100 e. The minimum absolute atomic E-state index is 0.624.